The number of fused-ring (bicyclic) bond motifs is 5. The van der Waals surface area contributed by atoms with E-state index in [1.54, 1.807) is 0 Å². The fourth-order valence-corrected chi connectivity index (χ4v) is 7.46. The van der Waals surface area contributed by atoms with Crippen molar-refractivity contribution in [2.24, 2.45) is 33.7 Å². The van der Waals surface area contributed by atoms with Gasteiger partial charge in [-0.05, 0) is 86.0 Å². The molecule has 4 aliphatic carbocycles. The molecule has 0 spiro atoms. The van der Waals surface area contributed by atoms with Crippen molar-refractivity contribution in [2.75, 3.05) is 12.4 Å². The summed E-state index contributed by atoms with van der Waals surface area (Å²) in [7, 11) is 0. The first-order valence-electron chi connectivity index (χ1n) is 11.9. The van der Waals surface area contributed by atoms with E-state index in [9.17, 15) is 14.7 Å². The van der Waals surface area contributed by atoms with Crippen LogP contribution in [0, 0.1) is 28.6 Å². The summed E-state index contributed by atoms with van der Waals surface area (Å²) in [5.74, 6) is 0.365. The second-order valence-corrected chi connectivity index (χ2v) is 11.0. The number of aliphatic hydroxyl groups excluding tert-OH is 1. The Morgan fingerprint density at radius 2 is 2.00 bits per heavy atom. The average Bonchev–Trinajstić information content (AvgIpc) is 3.06. The van der Waals surface area contributed by atoms with Crippen LogP contribution in [0.4, 0.5) is 0 Å². The number of oxime groups is 1. The maximum absolute atomic E-state index is 11.9. The highest BCUT2D eigenvalue weighted by atomic mass is 32.1. The zero-order valence-corrected chi connectivity index (χ0v) is 19.9. The molecule has 3 fully saturated rings. The largest absolute Gasteiger partial charge is 0.480 e. The van der Waals surface area contributed by atoms with E-state index in [-0.39, 0.29) is 29.3 Å². The van der Waals surface area contributed by atoms with Crippen molar-refractivity contribution in [3.8, 4) is 0 Å². The fourth-order valence-electron chi connectivity index (χ4n) is 7.21. The van der Waals surface area contributed by atoms with E-state index in [2.05, 4.69) is 43.0 Å². The molecule has 0 bridgehead atoms. The summed E-state index contributed by atoms with van der Waals surface area (Å²) in [6.07, 6.45) is 10.5. The van der Waals surface area contributed by atoms with E-state index in [0.29, 0.717) is 17.8 Å². The highest BCUT2D eigenvalue weighted by Gasteiger charge is 2.58. The molecular formula is C24H36N2O5S. The smallest absolute Gasteiger partial charge is 0.327 e. The monoisotopic (exact) mass is 464 g/mol. The lowest BCUT2D eigenvalue weighted by atomic mass is 9.47. The number of nitrogens with one attached hydrogen (secondary N) is 1. The fraction of sp³-hybridized carbons (Fsp3) is 0.792. The summed E-state index contributed by atoms with van der Waals surface area (Å²) < 4.78 is 0. The molecule has 0 aromatic carbocycles. The molecule has 0 radical (unpaired) electrons. The lowest BCUT2D eigenvalue weighted by Crippen LogP contribution is -2.51. The number of hydrogen-bond donors (Lipinski definition) is 4. The molecule has 7 atom stereocenters. The Labute approximate surface area is 195 Å². The molecule has 4 aliphatic rings. The first-order valence-corrected chi connectivity index (χ1v) is 12.5. The summed E-state index contributed by atoms with van der Waals surface area (Å²) in [5, 5.41) is 26.2. The number of allylic oxidation sites excluding steroid dienone is 2. The van der Waals surface area contributed by atoms with Gasteiger partial charge in [0.25, 0.3) is 5.91 Å². The summed E-state index contributed by atoms with van der Waals surface area (Å²) in [5.41, 5.74) is 2.57. The van der Waals surface area contributed by atoms with E-state index in [0.717, 1.165) is 44.2 Å². The number of thiol groups is 1. The minimum absolute atomic E-state index is 0.0153. The van der Waals surface area contributed by atoms with Crippen LogP contribution in [-0.4, -0.2) is 52.3 Å². The van der Waals surface area contributed by atoms with Crippen LogP contribution >= 0.6 is 12.6 Å². The molecule has 0 aromatic rings. The number of carbonyl (C=O) groups excluding carboxylic acids is 1. The zero-order valence-electron chi connectivity index (χ0n) is 19.0. The van der Waals surface area contributed by atoms with Crippen molar-refractivity contribution in [3.63, 3.8) is 0 Å². The number of amides is 1. The zero-order chi connectivity index (χ0) is 23.1. The number of aliphatic hydroxyl groups is 1. The normalized spacial score (nSPS) is 40.5. The van der Waals surface area contributed by atoms with Crippen LogP contribution in [0.25, 0.3) is 0 Å². The summed E-state index contributed by atoms with van der Waals surface area (Å²) in [4.78, 5) is 28.1. The van der Waals surface area contributed by atoms with Crippen molar-refractivity contribution >= 4 is 30.2 Å². The quantitative estimate of drug-likeness (QED) is 0.357. The number of carboxylic acids is 1. The van der Waals surface area contributed by atoms with E-state index in [4.69, 9.17) is 9.94 Å². The first kappa shape index (κ1) is 23.6. The van der Waals surface area contributed by atoms with Gasteiger partial charge < -0.3 is 20.4 Å². The molecule has 3 N–H and O–H groups in total. The predicted octanol–water partition coefficient (Wildman–Crippen LogP) is 3.18. The topological polar surface area (TPSA) is 108 Å². The van der Waals surface area contributed by atoms with Crippen LogP contribution in [0.2, 0.25) is 0 Å². The van der Waals surface area contributed by atoms with Gasteiger partial charge in [-0.15, -0.1) is 0 Å². The van der Waals surface area contributed by atoms with E-state index in [1.807, 2.05) is 0 Å². The molecular weight excluding hydrogens is 428 g/mol. The summed E-state index contributed by atoms with van der Waals surface area (Å²) in [6.45, 7) is 4.42. The maximum Gasteiger partial charge on any atom is 0.327 e. The van der Waals surface area contributed by atoms with Crippen molar-refractivity contribution in [1.82, 2.24) is 5.32 Å². The van der Waals surface area contributed by atoms with Gasteiger partial charge in [-0.25, -0.2) is 4.79 Å². The molecule has 0 saturated heterocycles. The third-order valence-corrected chi connectivity index (χ3v) is 9.49. The minimum Gasteiger partial charge on any atom is -0.480 e. The van der Waals surface area contributed by atoms with Gasteiger partial charge >= 0.3 is 5.97 Å². The van der Waals surface area contributed by atoms with Gasteiger partial charge in [-0.1, -0.05) is 24.6 Å². The van der Waals surface area contributed by atoms with Crippen molar-refractivity contribution < 1.29 is 24.6 Å². The Bertz CT molecular complexity index is 829. The number of nitrogens with zero attached hydrogens (tertiary/aromatic N) is 1. The third-order valence-electron chi connectivity index (χ3n) is 9.12. The number of hydrogen-bond acceptors (Lipinski definition) is 6. The van der Waals surface area contributed by atoms with Crippen LogP contribution in [0.1, 0.15) is 65.2 Å². The highest BCUT2D eigenvalue weighted by molar-refractivity contribution is 7.80. The molecule has 1 amide bonds. The molecule has 0 unspecified atom stereocenters. The first-order chi connectivity index (χ1) is 15.2. The van der Waals surface area contributed by atoms with Crippen molar-refractivity contribution in [1.29, 1.82) is 0 Å². The van der Waals surface area contributed by atoms with Crippen LogP contribution in [0.3, 0.4) is 0 Å². The summed E-state index contributed by atoms with van der Waals surface area (Å²) in [6, 6.07) is -1.03. The van der Waals surface area contributed by atoms with E-state index in [1.165, 1.54) is 18.4 Å². The second kappa shape index (κ2) is 9.01. The van der Waals surface area contributed by atoms with Crippen molar-refractivity contribution in [3.05, 3.63) is 11.6 Å². The number of rotatable bonds is 6. The number of aliphatic carboxylic acids is 1. The van der Waals surface area contributed by atoms with Crippen LogP contribution < -0.4 is 5.32 Å². The molecule has 0 aliphatic heterocycles. The molecule has 7 nitrogen and oxygen atoms in total. The highest BCUT2D eigenvalue weighted by Crippen LogP contribution is 2.65. The maximum atomic E-state index is 11.9. The predicted molar refractivity (Wildman–Crippen MR) is 125 cm³/mol. The van der Waals surface area contributed by atoms with Gasteiger partial charge in [0.2, 0.25) is 0 Å². The Hall–Kier alpha value is -1.54. The lowest BCUT2D eigenvalue weighted by Gasteiger charge is -2.57. The molecule has 32 heavy (non-hydrogen) atoms. The number of carboxylic acid groups (broad SMARTS) is 1. The van der Waals surface area contributed by atoms with Gasteiger partial charge in [0.15, 0.2) is 6.61 Å². The lowest BCUT2D eigenvalue weighted by molar-refractivity contribution is -0.141. The van der Waals surface area contributed by atoms with Gasteiger partial charge in [0.05, 0.1) is 11.8 Å². The molecule has 0 aromatic heterocycles. The standard InChI is InChI=1S/C24H36N2O5S/c1-23-9-7-15(26-31-12-21(28)25-19(13-32)22(29)30)11-14(23)3-4-16-17-5-6-20(27)24(17,2)10-8-18(16)23/h11,16-20,27,32H,3-10,12-13H2,1-2H3,(H,25,28)(H,29,30)/t16-,17+,18-,19-,20+,23+,24+/m1/s1. The number of carbonyl (C=O) groups is 2. The minimum atomic E-state index is -1.12. The van der Waals surface area contributed by atoms with Crippen molar-refractivity contribution in [2.45, 2.75) is 77.4 Å². The van der Waals surface area contributed by atoms with E-state index >= 15 is 0 Å². The Kier molecular flexibility index (Phi) is 6.65. The van der Waals surface area contributed by atoms with Gasteiger partial charge in [-0.3, -0.25) is 4.79 Å². The second-order valence-electron chi connectivity index (χ2n) is 10.6. The SMILES string of the molecule is C[C@]12CC[C@@H]3[C@H](CCC4=CC(=NOCC(=O)N[C@H](CS)C(=O)O)CC[C@@]43C)[C@@H]1CC[C@@H]2O. The van der Waals surface area contributed by atoms with Crippen LogP contribution in [0.15, 0.2) is 16.8 Å². The molecule has 8 heteroatoms. The Morgan fingerprint density at radius 1 is 1.22 bits per heavy atom. The Balaban J connectivity index is 1.39. The van der Waals surface area contributed by atoms with Crippen LogP contribution in [0.5, 0.6) is 0 Å². The third kappa shape index (κ3) is 4.09. The summed E-state index contributed by atoms with van der Waals surface area (Å²) >= 11 is 3.93. The average molecular weight is 465 g/mol. The van der Waals surface area contributed by atoms with E-state index < -0.39 is 17.9 Å². The van der Waals surface area contributed by atoms with Gasteiger partial charge in [0, 0.05) is 5.75 Å². The molecule has 4 rings (SSSR count). The van der Waals surface area contributed by atoms with Gasteiger partial charge in [-0.2, -0.15) is 12.6 Å². The van der Waals surface area contributed by atoms with Crippen LogP contribution in [-0.2, 0) is 14.4 Å². The van der Waals surface area contributed by atoms with Gasteiger partial charge in [0.1, 0.15) is 6.04 Å². The molecule has 178 valence electrons. The molecule has 0 heterocycles. The Morgan fingerprint density at radius 3 is 2.72 bits per heavy atom. The molecule has 3 saturated carbocycles.